The summed E-state index contributed by atoms with van der Waals surface area (Å²) in [6, 6.07) is 0. The third-order valence-electron chi connectivity index (χ3n) is 8.21. The SMILES string of the molecule is CC(C)(C)C(=O)OCC12CC3CC(C1)C1(OC4OC5C(O)C(=O)OC5C4O1)C(C3)C2. The van der Waals surface area contributed by atoms with Crippen molar-refractivity contribution >= 4 is 11.9 Å². The average Bonchev–Trinajstić information content (AvgIpc) is 3.27. The topological polar surface area (TPSA) is 101 Å². The molecular weight excluding hydrogens is 392 g/mol. The van der Waals surface area contributed by atoms with Crippen LogP contribution in [-0.2, 0) is 33.3 Å². The van der Waals surface area contributed by atoms with Crippen LogP contribution in [0.3, 0.4) is 0 Å². The molecule has 4 bridgehead atoms. The number of esters is 2. The van der Waals surface area contributed by atoms with E-state index in [0.717, 1.165) is 32.1 Å². The van der Waals surface area contributed by atoms with Crippen LogP contribution in [-0.4, -0.2) is 60.1 Å². The Morgan fingerprint density at radius 2 is 1.80 bits per heavy atom. The van der Waals surface area contributed by atoms with Gasteiger partial charge in [-0.25, -0.2) is 4.79 Å². The molecule has 3 heterocycles. The summed E-state index contributed by atoms with van der Waals surface area (Å²) in [7, 11) is 0. The molecule has 3 saturated heterocycles. The van der Waals surface area contributed by atoms with Crippen LogP contribution in [0.1, 0.15) is 52.9 Å². The van der Waals surface area contributed by atoms with Crippen molar-refractivity contribution < 1.29 is 38.4 Å². The van der Waals surface area contributed by atoms with Crippen LogP contribution >= 0.6 is 0 Å². The lowest BCUT2D eigenvalue weighted by Gasteiger charge is -2.62. The first-order chi connectivity index (χ1) is 14.1. The van der Waals surface area contributed by atoms with Gasteiger partial charge in [-0.1, -0.05) is 0 Å². The number of aliphatic hydroxyl groups is 1. The normalized spacial score (nSPS) is 53.1. The van der Waals surface area contributed by atoms with E-state index >= 15 is 0 Å². The van der Waals surface area contributed by atoms with E-state index in [1.54, 1.807) is 0 Å². The van der Waals surface area contributed by atoms with Crippen molar-refractivity contribution in [3.63, 3.8) is 0 Å². The molecule has 0 amide bonds. The third-order valence-corrected chi connectivity index (χ3v) is 8.21. The zero-order valence-electron chi connectivity index (χ0n) is 17.7. The molecule has 3 aliphatic heterocycles. The molecule has 0 aromatic rings. The van der Waals surface area contributed by atoms with E-state index in [2.05, 4.69) is 0 Å². The number of hydrogen-bond donors (Lipinski definition) is 1. The van der Waals surface area contributed by atoms with Gasteiger partial charge < -0.3 is 28.8 Å². The molecule has 0 aromatic heterocycles. The summed E-state index contributed by atoms with van der Waals surface area (Å²) in [5.74, 6) is -0.545. The van der Waals surface area contributed by atoms with Gasteiger partial charge in [0, 0.05) is 17.3 Å². The maximum atomic E-state index is 12.3. The lowest BCUT2D eigenvalue weighted by Crippen LogP contribution is -2.63. The molecule has 30 heavy (non-hydrogen) atoms. The van der Waals surface area contributed by atoms with Gasteiger partial charge in [-0.05, 0) is 58.8 Å². The third kappa shape index (κ3) is 2.54. The van der Waals surface area contributed by atoms with Crippen LogP contribution in [0.4, 0.5) is 0 Å². The Hall–Kier alpha value is -1.22. The van der Waals surface area contributed by atoms with Crippen molar-refractivity contribution in [1.29, 1.82) is 0 Å². The Bertz CT molecular complexity index is 770. The second-order valence-corrected chi connectivity index (χ2v) is 11.4. The first-order valence-electron chi connectivity index (χ1n) is 11.2. The quantitative estimate of drug-likeness (QED) is 0.669. The largest absolute Gasteiger partial charge is 0.465 e. The fraction of sp³-hybridized carbons (Fsp3) is 0.909. The summed E-state index contributed by atoms with van der Waals surface area (Å²) in [6.07, 6.45) is 1.22. The smallest absolute Gasteiger partial charge is 0.338 e. The first kappa shape index (κ1) is 19.5. The van der Waals surface area contributed by atoms with Gasteiger partial charge in [-0.3, -0.25) is 4.79 Å². The maximum Gasteiger partial charge on any atom is 0.338 e. The van der Waals surface area contributed by atoms with Gasteiger partial charge >= 0.3 is 11.9 Å². The summed E-state index contributed by atoms with van der Waals surface area (Å²) < 4.78 is 29.9. The molecule has 0 aromatic carbocycles. The van der Waals surface area contributed by atoms with Crippen molar-refractivity contribution in [2.24, 2.45) is 28.6 Å². The molecule has 1 N–H and O–H groups in total. The molecule has 4 aliphatic carbocycles. The van der Waals surface area contributed by atoms with Crippen LogP contribution in [0.25, 0.3) is 0 Å². The van der Waals surface area contributed by atoms with Crippen LogP contribution in [0.2, 0.25) is 0 Å². The average molecular weight is 422 g/mol. The molecule has 0 radical (unpaired) electrons. The molecule has 7 unspecified atom stereocenters. The highest BCUT2D eigenvalue weighted by atomic mass is 16.9. The Morgan fingerprint density at radius 3 is 2.47 bits per heavy atom. The van der Waals surface area contributed by atoms with Gasteiger partial charge in [0.25, 0.3) is 0 Å². The number of carbonyl (C=O) groups is 2. The molecule has 7 atom stereocenters. The first-order valence-corrected chi connectivity index (χ1v) is 11.2. The van der Waals surface area contributed by atoms with Gasteiger partial charge in [0.1, 0.15) is 6.10 Å². The summed E-state index contributed by atoms with van der Waals surface area (Å²) in [4.78, 5) is 24.1. The van der Waals surface area contributed by atoms with E-state index in [4.69, 9.17) is 23.7 Å². The monoisotopic (exact) mass is 422 g/mol. The fourth-order valence-electron chi connectivity index (χ4n) is 7.10. The molecule has 7 fully saturated rings. The minimum atomic E-state index is -1.27. The molecular formula is C22H30O8. The number of carbonyl (C=O) groups excluding carboxylic acids is 2. The highest BCUT2D eigenvalue weighted by Gasteiger charge is 2.72. The predicted molar refractivity (Wildman–Crippen MR) is 99.6 cm³/mol. The molecule has 7 rings (SSSR count). The van der Waals surface area contributed by atoms with Gasteiger partial charge in [0.2, 0.25) is 0 Å². The standard InChI is InChI=1S/C22H30O8/c1-20(2,3)19(25)26-9-21-6-10-4-11(7-21)22(12(5-10)8-21)29-16-15-14(28-18(16)30-22)13(23)17(24)27-15/h10-16,18,23H,4-9H2,1-3H3. The van der Waals surface area contributed by atoms with Crippen LogP contribution < -0.4 is 0 Å². The summed E-state index contributed by atoms with van der Waals surface area (Å²) in [5.41, 5.74) is -0.512. The van der Waals surface area contributed by atoms with Crippen molar-refractivity contribution in [3.05, 3.63) is 0 Å². The van der Waals surface area contributed by atoms with Crippen LogP contribution in [0.15, 0.2) is 0 Å². The molecule has 1 spiro atoms. The summed E-state index contributed by atoms with van der Waals surface area (Å²) in [5, 5.41) is 9.97. The van der Waals surface area contributed by atoms with Gasteiger partial charge in [0.05, 0.1) is 12.0 Å². The molecule has 8 heteroatoms. The van der Waals surface area contributed by atoms with Crippen molar-refractivity contribution in [1.82, 2.24) is 0 Å². The lowest BCUT2D eigenvalue weighted by molar-refractivity contribution is -0.337. The molecule has 7 aliphatic rings. The summed E-state index contributed by atoms with van der Waals surface area (Å²) in [6.45, 7) is 6.09. The van der Waals surface area contributed by atoms with E-state index in [0.29, 0.717) is 12.5 Å². The van der Waals surface area contributed by atoms with Crippen molar-refractivity contribution in [2.45, 2.75) is 89.4 Å². The number of fused-ring (bicyclic) bond motifs is 3. The van der Waals surface area contributed by atoms with Crippen molar-refractivity contribution in [3.8, 4) is 0 Å². The Kier molecular flexibility index (Phi) is 3.87. The van der Waals surface area contributed by atoms with E-state index in [1.807, 2.05) is 20.8 Å². The second kappa shape index (κ2) is 5.97. The van der Waals surface area contributed by atoms with Crippen LogP contribution in [0, 0.1) is 28.6 Å². The van der Waals surface area contributed by atoms with E-state index < -0.39 is 47.9 Å². The van der Waals surface area contributed by atoms with Crippen LogP contribution in [0.5, 0.6) is 0 Å². The maximum absolute atomic E-state index is 12.3. The predicted octanol–water partition coefficient (Wildman–Crippen LogP) is 1.52. The highest BCUT2D eigenvalue weighted by Crippen LogP contribution is 2.67. The zero-order chi connectivity index (χ0) is 21.1. The fourth-order valence-corrected chi connectivity index (χ4v) is 7.10. The second-order valence-electron chi connectivity index (χ2n) is 11.4. The summed E-state index contributed by atoms with van der Waals surface area (Å²) >= 11 is 0. The van der Waals surface area contributed by atoms with E-state index in [-0.39, 0.29) is 23.2 Å². The molecule has 4 saturated carbocycles. The molecule has 166 valence electrons. The Labute approximate surface area is 175 Å². The van der Waals surface area contributed by atoms with E-state index in [9.17, 15) is 14.7 Å². The van der Waals surface area contributed by atoms with Gasteiger partial charge in [-0.15, -0.1) is 0 Å². The Balaban J connectivity index is 1.20. The number of rotatable bonds is 2. The lowest BCUT2D eigenvalue weighted by atomic mass is 9.47. The zero-order valence-corrected chi connectivity index (χ0v) is 17.7. The number of hydrogen-bond acceptors (Lipinski definition) is 8. The number of aliphatic hydroxyl groups excluding tert-OH is 1. The van der Waals surface area contributed by atoms with Gasteiger partial charge in [0.15, 0.2) is 30.4 Å². The van der Waals surface area contributed by atoms with Gasteiger partial charge in [-0.2, -0.15) is 0 Å². The number of ether oxygens (including phenoxy) is 5. The minimum absolute atomic E-state index is 0.00745. The Morgan fingerprint density at radius 1 is 1.10 bits per heavy atom. The highest BCUT2D eigenvalue weighted by molar-refractivity contribution is 5.78. The molecule has 8 nitrogen and oxygen atoms in total. The minimum Gasteiger partial charge on any atom is -0.465 e. The van der Waals surface area contributed by atoms with Crippen molar-refractivity contribution in [2.75, 3.05) is 6.61 Å². The van der Waals surface area contributed by atoms with E-state index in [1.165, 1.54) is 0 Å².